The average Bonchev–Trinajstić information content (AvgIpc) is 2.75. The maximum Gasteiger partial charge on any atom is 0.241 e. The highest BCUT2D eigenvalue weighted by molar-refractivity contribution is 9.10. The van der Waals surface area contributed by atoms with Crippen molar-refractivity contribution in [2.75, 3.05) is 24.7 Å². The lowest BCUT2D eigenvalue weighted by atomic mass is 10.1. The Morgan fingerprint density at radius 3 is 2.87 bits per heavy atom. The Hall–Kier alpha value is -1.33. The van der Waals surface area contributed by atoms with Crippen LogP contribution in [0.25, 0.3) is 5.52 Å². The van der Waals surface area contributed by atoms with Gasteiger partial charge in [0.25, 0.3) is 0 Å². The topological polar surface area (TPSA) is 79.6 Å². The predicted molar refractivity (Wildman–Crippen MR) is 84.0 cm³/mol. The van der Waals surface area contributed by atoms with Gasteiger partial charge in [0.2, 0.25) is 16.0 Å². The van der Waals surface area contributed by atoms with Crippen molar-refractivity contribution in [1.82, 2.24) is 18.9 Å². The number of rotatable bonds is 3. The maximum absolute atomic E-state index is 14.2. The Morgan fingerprint density at radius 1 is 1.48 bits per heavy atom. The van der Waals surface area contributed by atoms with E-state index < -0.39 is 28.1 Å². The second-order valence-corrected chi connectivity index (χ2v) is 8.17. The van der Waals surface area contributed by atoms with Gasteiger partial charge in [0.05, 0.1) is 18.5 Å². The zero-order valence-corrected chi connectivity index (χ0v) is 14.5. The number of hydrogen-bond donors (Lipinski definition) is 1. The molecule has 126 valence electrons. The number of alkyl halides is 1. The molecule has 2 aromatic heterocycles. The SMILES string of the molecule is CS(=O)(=O)N1CC[C@@H](Nc2ncc3c(F)cc(Br)n3n2)[C@H](F)C1. The summed E-state index contributed by atoms with van der Waals surface area (Å²) in [6.07, 6.45) is 1.26. The fraction of sp³-hybridized carbons (Fsp3) is 0.500. The van der Waals surface area contributed by atoms with Crippen molar-refractivity contribution in [3.63, 3.8) is 0 Å². The number of piperidine rings is 1. The fourth-order valence-corrected chi connectivity index (χ4v) is 3.81. The van der Waals surface area contributed by atoms with Crippen LogP contribution in [0, 0.1) is 5.82 Å². The van der Waals surface area contributed by atoms with Gasteiger partial charge < -0.3 is 5.32 Å². The molecule has 0 aliphatic carbocycles. The molecule has 0 aromatic carbocycles. The predicted octanol–water partition coefficient (Wildman–Crippen LogP) is 1.41. The van der Waals surface area contributed by atoms with Crippen molar-refractivity contribution in [3.05, 3.63) is 22.7 Å². The summed E-state index contributed by atoms with van der Waals surface area (Å²) in [5.74, 6) is -0.317. The molecular weight excluding hydrogens is 396 g/mol. The first kappa shape index (κ1) is 16.5. The van der Waals surface area contributed by atoms with Crippen LogP contribution in [-0.2, 0) is 10.0 Å². The summed E-state index contributed by atoms with van der Waals surface area (Å²) in [6, 6.07) is 0.653. The van der Waals surface area contributed by atoms with Crippen LogP contribution in [0.15, 0.2) is 16.9 Å². The molecule has 0 unspecified atom stereocenters. The van der Waals surface area contributed by atoms with E-state index in [1.54, 1.807) is 0 Å². The molecule has 3 heterocycles. The van der Waals surface area contributed by atoms with Gasteiger partial charge in [-0.2, -0.15) is 4.31 Å². The van der Waals surface area contributed by atoms with Crippen LogP contribution in [0.5, 0.6) is 0 Å². The molecule has 2 aromatic rings. The van der Waals surface area contributed by atoms with Crippen LogP contribution in [0.2, 0.25) is 0 Å². The van der Waals surface area contributed by atoms with Crippen molar-refractivity contribution in [1.29, 1.82) is 0 Å². The van der Waals surface area contributed by atoms with Gasteiger partial charge in [0.1, 0.15) is 16.3 Å². The number of nitrogens with zero attached hydrogens (tertiary/aromatic N) is 4. The van der Waals surface area contributed by atoms with Gasteiger partial charge in [-0.25, -0.2) is 26.7 Å². The number of halogens is 3. The maximum atomic E-state index is 14.2. The van der Waals surface area contributed by atoms with Crippen molar-refractivity contribution in [2.24, 2.45) is 0 Å². The van der Waals surface area contributed by atoms with Crippen molar-refractivity contribution < 1.29 is 17.2 Å². The summed E-state index contributed by atoms with van der Waals surface area (Å²) >= 11 is 3.18. The van der Waals surface area contributed by atoms with Gasteiger partial charge in [-0.3, -0.25) is 0 Å². The second kappa shape index (κ2) is 5.95. The average molecular weight is 410 g/mol. The molecular formula is C12H14BrF2N5O2S. The number of anilines is 1. The van der Waals surface area contributed by atoms with Gasteiger partial charge in [-0.15, -0.1) is 5.10 Å². The smallest absolute Gasteiger partial charge is 0.241 e. The van der Waals surface area contributed by atoms with Crippen LogP contribution in [-0.4, -0.2) is 58.9 Å². The first-order chi connectivity index (χ1) is 10.8. The van der Waals surface area contributed by atoms with Gasteiger partial charge >= 0.3 is 0 Å². The lowest BCUT2D eigenvalue weighted by Crippen LogP contribution is -2.49. The minimum atomic E-state index is -3.40. The van der Waals surface area contributed by atoms with Gasteiger partial charge in [0.15, 0.2) is 5.82 Å². The first-order valence-corrected chi connectivity index (χ1v) is 9.45. The Balaban J connectivity index is 1.76. The molecule has 1 saturated heterocycles. The lowest BCUT2D eigenvalue weighted by Gasteiger charge is -2.33. The highest BCUT2D eigenvalue weighted by Gasteiger charge is 2.33. The molecule has 0 bridgehead atoms. The Bertz CT molecular complexity index is 843. The molecule has 7 nitrogen and oxygen atoms in total. The van der Waals surface area contributed by atoms with Gasteiger partial charge in [0, 0.05) is 19.2 Å². The van der Waals surface area contributed by atoms with Crippen molar-refractivity contribution >= 4 is 37.4 Å². The van der Waals surface area contributed by atoms with Crippen LogP contribution in [0.4, 0.5) is 14.7 Å². The number of sulfonamides is 1. The highest BCUT2D eigenvalue weighted by atomic mass is 79.9. The molecule has 0 radical (unpaired) electrons. The zero-order valence-electron chi connectivity index (χ0n) is 12.1. The zero-order chi connectivity index (χ0) is 16.8. The summed E-state index contributed by atoms with van der Waals surface area (Å²) in [6.45, 7) is 0.0155. The molecule has 1 fully saturated rings. The number of aromatic nitrogens is 3. The third-order valence-corrected chi connectivity index (χ3v) is 5.55. The Kier molecular flexibility index (Phi) is 4.27. The lowest BCUT2D eigenvalue weighted by molar-refractivity contribution is 0.186. The molecule has 1 aliphatic heterocycles. The molecule has 0 amide bonds. The molecule has 1 N–H and O–H groups in total. The minimum absolute atomic E-state index is 0.147. The van der Waals surface area contributed by atoms with E-state index in [4.69, 9.17) is 0 Å². The van der Waals surface area contributed by atoms with Crippen LogP contribution >= 0.6 is 15.9 Å². The molecule has 11 heteroatoms. The van der Waals surface area contributed by atoms with E-state index in [9.17, 15) is 17.2 Å². The Morgan fingerprint density at radius 2 is 2.22 bits per heavy atom. The summed E-state index contributed by atoms with van der Waals surface area (Å²) in [5.41, 5.74) is 0.200. The summed E-state index contributed by atoms with van der Waals surface area (Å²) in [4.78, 5) is 3.97. The standard InChI is InChI=1S/C12H14BrF2N5O2S/c1-23(21,22)19-3-2-9(8(15)6-19)17-12-16-5-10-7(14)4-11(13)20(10)18-12/h4-5,8-9H,2-3,6H2,1H3,(H,17,18)/t8-,9-/m1/s1. The van der Waals surface area contributed by atoms with E-state index in [1.807, 2.05) is 0 Å². The summed E-state index contributed by atoms with van der Waals surface area (Å²) in [7, 11) is -3.40. The largest absolute Gasteiger partial charge is 0.347 e. The molecule has 0 saturated carbocycles. The van der Waals surface area contributed by atoms with E-state index >= 15 is 0 Å². The fourth-order valence-electron chi connectivity index (χ4n) is 2.49. The monoisotopic (exact) mass is 409 g/mol. The van der Waals surface area contributed by atoms with Crippen LogP contribution in [0.3, 0.4) is 0 Å². The summed E-state index contributed by atoms with van der Waals surface area (Å²) in [5, 5.41) is 6.95. The van der Waals surface area contributed by atoms with Crippen molar-refractivity contribution in [2.45, 2.75) is 18.6 Å². The van der Waals surface area contributed by atoms with Crippen LogP contribution in [0.1, 0.15) is 6.42 Å². The van der Waals surface area contributed by atoms with E-state index in [2.05, 4.69) is 31.3 Å². The second-order valence-electron chi connectivity index (χ2n) is 5.37. The van der Waals surface area contributed by atoms with Gasteiger partial charge in [-0.1, -0.05) is 0 Å². The number of hydrogen-bond acceptors (Lipinski definition) is 5. The molecule has 0 spiro atoms. The van der Waals surface area contributed by atoms with Crippen LogP contribution < -0.4 is 5.32 Å². The Labute approximate surface area is 139 Å². The molecule has 2 atom stereocenters. The minimum Gasteiger partial charge on any atom is -0.347 e. The first-order valence-electron chi connectivity index (χ1n) is 6.81. The van der Waals surface area contributed by atoms with E-state index in [0.29, 0.717) is 4.60 Å². The van der Waals surface area contributed by atoms with Crippen molar-refractivity contribution in [3.8, 4) is 0 Å². The van der Waals surface area contributed by atoms with Gasteiger partial charge in [-0.05, 0) is 22.4 Å². The third kappa shape index (κ3) is 3.31. The van der Waals surface area contributed by atoms with E-state index in [-0.39, 0.29) is 31.0 Å². The summed E-state index contributed by atoms with van der Waals surface area (Å²) < 4.78 is 53.5. The molecule has 1 aliphatic rings. The molecule has 3 rings (SSSR count). The van der Waals surface area contributed by atoms with E-state index in [0.717, 1.165) is 10.6 Å². The third-order valence-electron chi connectivity index (χ3n) is 3.71. The quantitative estimate of drug-likeness (QED) is 0.828. The number of nitrogens with one attached hydrogen (secondary N) is 1. The normalized spacial score (nSPS) is 23.3. The molecule has 23 heavy (non-hydrogen) atoms. The number of fused-ring (bicyclic) bond motifs is 1. The van der Waals surface area contributed by atoms with E-state index in [1.165, 1.54) is 16.8 Å². The highest BCUT2D eigenvalue weighted by Crippen LogP contribution is 2.22.